The smallest absolute Gasteiger partial charge is 0.354 e. The molecule has 3 rings (SSSR count). The summed E-state index contributed by atoms with van der Waals surface area (Å²) >= 11 is 0. The van der Waals surface area contributed by atoms with E-state index in [0.29, 0.717) is 28.8 Å². The van der Waals surface area contributed by atoms with Crippen molar-refractivity contribution in [3.63, 3.8) is 0 Å². The molecular weight excluding hydrogens is 348 g/mol. The van der Waals surface area contributed by atoms with Crippen LogP contribution in [0.25, 0.3) is 17.0 Å². The second-order valence-electron chi connectivity index (χ2n) is 5.72. The summed E-state index contributed by atoms with van der Waals surface area (Å²) in [5.74, 6) is 0.0505. The number of carbonyl (C=O) groups is 1. The molecule has 0 amide bonds. The van der Waals surface area contributed by atoms with E-state index in [1.165, 1.54) is 6.08 Å². The minimum Gasteiger partial charge on any atom is -0.487 e. The average Bonchev–Trinajstić information content (AvgIpc) is 3.12. The van der Waals surface area contributed by atoms with Crippen LogP contribution in [-0.4, -0.2) is 22.5 Å². The minimum atomic E-state index is -0.537. The molecule has 1 N–H and O–H groups in total. The van der Waals surface area contributed by atoms with Crippen LogP contribution in [0.1, 0.15) is 28.5 Å². The van der Waals surface area contributed by atoms with E-state index in [4.69, 9.17) is 9.47 Å². The summed E-state index contributed by atoms with van der Waals surface area (Å²) in [6.07, 6.45) is 2.24. The molecule has 3 aromatic rings. The number of fused-ring (bicyclic) bond motifs is 1. The van der Waals surface area contributed by atoms with Crippen LogP contribution in [0, 0.1) is 10.1 Å². The Bertz CT molecular complexity index is 992. The number of ether oxygens (including phenoxy) is 2. The zero-order valence-corrected chi connectivity index (χ0v) is 14.7. The van der Waals surface area contributed by atoms with Crippen LogP contribution in [0.5, 0.6) is 5.75 Å². The van der Waals surface area contributed by atoms with Crippen LogP contribution < -0.4 is 4.74 Å². The van der Waals surface area contributed by atoms with E-state index < -0.39 is 10.9 Å². The summed E-state index contributed by atoms with van der Waals surface area (Å²) in [5.41, 5.74) is 2.44. The van der Waals surface area contributed by atoms with E-state index in [1.54, 1.807) is 25.1 Å². The number of aromatic amines is 1. The maximum atomic E-state index is 12.1. The Kier molecular flexibility index (Phi) is 5.51. The molecule has 0 radical (unpaired) electrons. The first-order valence-corrected chi connectivity index (χ1v) is 8.39. The number of esters is 1. The number of nitrogens with one attached hydrogen (secondary N) is 1. The van der Waals surface area contributed by atoms with Crippen LogP contribution in [0.2, 0.25) is 0 Å². The maximum Gasteiger partial charge on any atom is 0.354 e. The molecule has 1 aromatic heterocycles. The van der Waals surface area contributed by atoms with Crippen LogP contribution in [0.3, 0.4) is 0 Å². The molecule has 1 heterocycles. The minimum absolute atomic E-state index is 0.250. The molecule has 0 fully saturated rings. The zero-order chi connectivity index (χ0) is 19.2. The third-order valence-corrected chi connectivity index (χ3v) is 3.90. The summed E-state index contributed by atoms with van der Waals surface area (Å²) in [6.45, 7) is 2.33. The standard InChI is InChI=1S/C20H18N2O5/c1-2-26-20(23)17-12-16-15(10-11-22(24)25)8-9-18(19(16)21-17)27-13-14-6-4-3-5-7-14/h3-12,21H,2,13H2,1H3/b11-10+. The van der Waals surface area contributed by atoms with Crippen molar-refractivity contribution in [3.8, 4) is 5.75 Å². The van der Waals surface area contributed by atoms with E-state index in [2.05, 4.69) is 4.98 Å². The Labute approximate surface area is 155 Å². The first-order chi connectivity index (χ1) is 13.1. The van der Waals surface area contributed by atoms with Gasteiger partial charge in [-0.05, 0) is 30.2 Å². The van der Waals surface area contributed by atoms with Gasteiger partial charge in [-0.2, -0.15) is 0 Å². The van der Waals surface area contributed by atoms with Gasteiger partial charge in [0.05, 0.1) is 17.0 Å². The summed E-state index contributed by atoms with van der Waals surface area (Å²) in [5, 5.41) is 11.3. The van der Waals surface area contributed by atoms with Crippen LogP contribution in [0.4, 0.5) is 0 Å². The van der Waals surface area contributed by atoms with Crippen LogP contribution in [-0.2, 0) is 11.3 Å². The number of carbonyl (C=O) groups excluding carboxylic acids is 1. The fourth-order valence-corrected chi connectivity index (χ4v) is 2.68. The molecule has 2 aromatic carbocycles. The lowest BCUT2D eigenvalue weighted by Crippen LogP contribution is -2.04. The number of H-pyrrole nitrogens is 1. The monoisotopic (exact) mass is 366 g/mol. The van der Waals surface area contributed by atoms with Gasteiger partial charge in [0.25, 0.3) is 0 Å². The molecule has 0 atom stereocenters. The van der Waals surface area contributed by atoms with E-state index >= 15 is 0 Å². The van der Waals surface area contributed by atoms with Gasteiger partial charge in [-0.25, -0.2) is 4.79 Å². The third kappa shape index (κ3) is 4.33. The molecule has 0 saturated heterocycles. The predicted octanol–water partition coefficient (Wildman–Crippen LogP) is 4.17. The topological polar surface area (TPSA) is 94.5 Å². The number of nitrogens with zero attached hydrogens (tertiary/aromatic N) is 1. The Hall–Kier alpha value is -3.61. The normalized spacial score (nSPS) is 11.0. The van der Waals surface area contributed by atoms with E-state index in [0.717, 1.165) is 11.8 Å². The lowest BCUT2D eigenvalue weighted by atomic mass is 10.1. The van der Waals surface area contributed by atoms with E-state index in [1.807, 2.05) is 30.3 Å². The van der Waals surface area contributed by atoms with Crippen molar-refractivity contribution in [2.24, 2.45) is 0 Å². The molecule has 0 aliphatic carbocycles. The van der Waals surface area contributed by atoms with Crippen molar-refractivity contribution in [3.05, 3.63) is 81.7 Å². The molecular formula is C20H18N2O5. The highest BCUT2D eigenvalue weighted by atomic mass is 16.6. The zero-order valence-electron chi connectivity index (χ0n) is 14.7. The first-order valence-electron chi connectivity index (χ1n) is 8.39. The van der Waals surface area contributed by atoms with E-state index in [9.17, 15) is 14.9 Å². The van der Waals surface area contributed by atoms with Crippen molar-refractivity contribution in [1.82, 2.24) is 4.98 Å². The molecule has 0 saturated carbocycles. The van der Waals surface area contributed by atoms with Crippen molar-refractivity contribution >= 4 is 22.9 Å². The molecule has 138 valence electrons. The quantitative estimate of drug-likeness (QED) is 0.385. The number of benzene rings is 2. The number of rotatable bonds is 7. The summed E-state index contributed by atoms with van der Waals surface area (Å²) in [6, 6.07) is 14.7. The molecule has 0 unspecified atom stereocenters. The first kappa shape index (κ1) is 18.2. The Morgan fingerprint density at radius 1 is 1.22 bits per heavy atom. The Balaban J connectivity index is 1.99. The van der Waals surface area contributed by atoms with Gasteiger partial charge in [0.15, 0.2) is 0 Å². The van der Waals surface area contributed by atoms with Gasteiger partial charge in [-0.1, -0.05) is 36.4 Å². The molecule has 27 heavy (non-hydrogen) atoms. The maximum absolute atomic E-state index is 12.1. The lowest BCUT2D eigenvalue weighted by Gasteiger charge is -2.08. The SMILES string of the molecule is CCOC(=O)c1cc2c(/C=C/[N+](=O)[O-])ccc(OCc3ccccc3)c2[nH]1. The van der Waals surface area contributed by atoms with Crippen molar-refractivity contribution in [1.29, 1.82) is 0 Å². The van der Waals surface area contributed by atoms with Gasteiger partial charge < -0.3 is 14.5 Å². The van der Waals surface area contributed by atoms with Gasteiger partial charge in [-0.15, -0.1) is 0 Å². The van der Waals surface area contributed by atoms with Gasteiger partial charge >= 0.3 is 5.97 Å². The highest BCUT2D eigenvalue weighted by Gasteiger charge is 2.15. The van der Waals surface area contributed by atoms with Crippen molar-refractivity contribution in [2.75, 3.05) is 6.61 Å². The van der Waals surface area contributed by atoms with Gasteiger partial charge in [0, 0.05) is 11.5 Å². The predicted molar refractivity (Wildman–Crippen MR) is 101 cm³/mol. The summed E-state index contributed by atoms with van der Waals surface area (Å²) in [7, 11) is 0. The highest BCUT2D eigenvalue weighted by Crippen LogP contribution is 2.30. The fraction of sp³-hybridized carbons (Fsp3) is 0.150. The third-order valence-electron chi connectivity index (χ3n) is 3.90. The molecule has 0 spiro atoms. The van der Waals surface area contributed by atoms with Gasteiger partial charge in [0.1, 0.15) is 18.1 Å². The van der Waals surface area contributed by atoms with Gasteiger partial charge in [-0.3, -0.25) is 10.1 Å². The van der Waals surface area contributed by atoms with Crippen LogP contribution >= 0.6 is 0 Å². The molecule has 7 nitrogen and oxygen atoms in total. The number of hydrogen-bond donors (Lipinski definition) is 1. The number of hydrogen-bond acceptors (Lipinski definition) is 5. The highest BCUT2D eigenvalue weighted by molar-refractivity contribution is 6.00. The lowest BCUT2D eigenvalue weighted by molar-refractivity contribution is -0.400. The molecule has 0 bridgehead atoms. The Morgan fingerprint density at radius 2 is 2.00 bits per heavy atom. The fourth-order valence-electron chi connectivity index (χ4n) is 2.68. The molecule has 0 aliphatic heterocycles. The molecule has 7 heteroatoms. The van der Waals surface area contributed by atoms with Crippen molar-refractivity contribution in [2.45, 2.75) is 13.5 Å². The number of aromatic nitrogens is 1. The van der Waals surface area contributed by atoms with Crippen LogP contribution in [0.15, 0.2) is 54.7 Å². The Morgan fingerprint density at radius 3 is 2.70 bits per heavy atom. The van der Waals surface area contributed by atoms with E-state index in [-0.39, 0.29) is 12.3 Å². The summed E-state index contributed by atoms with van der Waals surface area (Å²) < 4.78 is 10.9. The number of nitro groups is 1. The average molecular weight is 366 g/mol. The molecule has 0 aliphatic rings. The summed E-state index contributed by atoms with van der Waals surface area (Å²) in [4.78, 5) is 25.2. The second kappa shape index (κ2) is 8.18. The largest absolute Gasteiger partial charge is 0.487 e. The second-order valence-corrected chi connectivity index (χ2v) is 5.72. The van der Waals surface area contributed by atoms with Crippen molar-refractivity contribution < 1.29 is 19.2 Å². The van der Waals surface area contributed by atoms with Gasteiger partial charge in [0.2, 0.25) is 6.20 Å².